The molecule has 0 fully saturated rings. The third-order valence-corrected chi connectivity index (χ3v) is 2.97. The van der Waals surface area contributed by atoms with E-state index >= 15 is 0 Å². The van der Waals surface area contributed by atoms with Crippen LogP contribution in [0, 0.1) is 17.8 Å². The van der Waals surface area contributed by atoms with Crippen molar-refractivity contribution in [2.75, 3.05) is 0 Å². The molecule has 1 aliphatic carbocycles. The Labute approximate surface area is 80.9 Å². The molecule has 72 valence electrons. The van der Waals surface area contributed by atoms with E-state index in [9.17, 15) is 5.11 Å². The molecule has 1 N–H and O–H groups in total. The quantitative estimate of drug-likeness (QED) is 0.483. The van der Waals surface area contributed by atoms with Crippen molar-refractivity contribution in [3.8, 4) is 12.3 Å². The predicted molar refractivity (Wildman–Crippen MR) is 55.2 cm³/mol. The molecule has 13 heavy (non-hydrogen) atoms. The van der Waals surface area contributed by atoms with Gasteiger partial charge in [0.1, 0.15) is 6.10 Å². The summed E-state index contributed by atoms with van der Waals surface area (Å²) in [5.41, 5.74) is 2.43. The second-order valence-electron chi connectivity index (χ2n) is 4.50. The van der Waals surface area contributed by atoms with Crippen LogP contribution in [0.1, 0.15) is 40.0 Å². The van der Waals surface area contributed by atoms with E-state index < -0.39 is 6.10 Å². The summed E-state index contributed by atoms with van der Waals surface area (Å²) in [6, 6.07) is 0. The van der Waals surface area contributed by atoms with E-state index in [1.165, 1.54) is 12.0 Å². The van der Waals surface area contributed by atoms with Crippen molar-refractivity contribution in [2.45, 2.75) is 46.1 Å². The maximum absolute atomic E-state index is 9.69. The summed E-state index contributed by atoms with van der Waals surface area (Å²) in [5.74, 6) is 2.42. The molecule has 0 heterocycles. The molecule has 1 nitrogen and oxygen atoms in total. The van der Waals surface area contributed by atoms with Crippen molar-refractivity contribution < 1.29 is 5.11 Å². The number of rotatable bonds is 1. The number of terminal acetylenes is 1. The highest BCUT2D eigenvalue weighted by atomic mass is 16.3. The first-order valence-corrected chi connectivity index (χ1v) is 4.83. The van der Waals surface area contributed by atoms with Crippen LogP contribution in [0.4, 0.5) is 0 Å². The summed E-state index contributed by atoms with van der Waals surface area (Å²) in [6.45, 7) is 6.40. The summed E-state index contributed by atoms with van der Waals surface area (Å²) < 4.78 is 0. The number of hydrogen-bond acceptors (Lipinski definition) is 1. The van der Waals surface area contributed by atoms with Crippen molar-refractivity contribution >= 4 is 0 Å². The van der Waals surface area contributed by atoms with Gasteiger partial charge in [-0.3, -0.25) is 0 Å². The normalized spacial score (nSPS) is 23.9. The average molecular weight is 178 g/mol. The van der Waals surface area contributed by atoms with E-state index in [1.54, 1.807) is 0 Å². The summed E-state index contributed by atoms with van der Waals surface area (Å²) >= 11 is 0. The van der Waals surface area contributed by atoms with Crippen molar-refractivity contribution in [1.29, 1.82) is 0 Å². The molecule has 0 aromatic carbocycles. The highest BCUT2D eigenvalue weighted by Crippen LogP contribution is 2.41. The van der Waals surface area contributed by atoms with Gasteiger partial charge in [0.2, 0.25) is 0 Å². The molecule has 0 bridgehead atoms. The molecule has 1 atom stereocenters. The maximum Gasteiger partial charge on any atom is 0.136 e. The summed E-state index contributed by atoms with van der Waals surface area (Å²) in [7, 11) is 0. The minimum absolute atomic E-state index is 0.0775. The van der Waals surface area contributed by atoms with Crippen LogP contribution in [0.5, 0.6) is 0 Å². The Kier molecular flexibility index (Phi) is 2.83. The van der Waals surface area contributed by atoms with Gasteiger partial charge >= 0.3 is 0 Å². The molecule has 1 heteroatoms. The van der Waals surface area contributed by atoms with Gasteiger partial charge in [-0.25, -0.2) is 0 Å². The van der Waals surface area contributed by atoms with Crippen LogP contribution in [0.2, 0.25) is 0 Å². The Morgan fingerprint density at radius 2 is 2.15 bits per heavy atom. The van der Waals surface area contributed by atoms with Gasteiger partial charge in [-0.05, 0) is 37.2 Å². The Hall–Kier alpha value is -0.740. The average Bonchev–Trinajstić information content (AvgIpc) is 2.02. The fourth-order valence-electron chi connectivity index (χ4n) is 2.33. The lowest BCUT2D eigenvalue weighted by Gasteiger charge is -2.35. The van der Waals surface area contributed by atoms with Crippen molar-refractivity contribution in [1.82, 2.24) is 0 Å². The van der Waals surface area contributed by atoms with Gasteiger partial charge in [-0.2, -0.15) is 0 Å². The lowest BCUT2D eigenvalue weighted by atomic mass is 9.71. The Balaban J connectivity index is 3.06. The van der Waals surface area contributed by atoms with Crippen LogP contribution in [0.3, 0.4) is 0 Å². The molecule has 1 unspecified atom stereocenters. The fraction of sp³-hybridized carbons (Fsp3) is 0.667. The van der Waals surface area contributed by atoms with Gasteiger partial charge < -0.3 is 5.11 Å². The Morgan fingerprint density at radius 1 is 1.54 bits per heavy atom. The standard InChI is InChI=1S/C12H18O/c1-5-10(13)11-9(2)7-6-8-12(11,3)4/h1,10,13H,6-8H2,2-4H3. The van der Waals surface area contributed by atoms with E-state index in [0.717, 1.165) is 18.4 Å². The lowest BCUT2D eigenvalue weighted by Crippen LogP contribution is -2.28. The molecule has 0 saturated heterocycles. The highest BCUT2D eigenvalue weighted by Gasteiger charge is 2.31. The summed E-state index contributed by atoms with van der Waals surface area (Å²) in [4.78, 5) is 0. The zero-order valence-electron chi connectivity index (χ0n) is 8.72. The van der Waals surface area contributed by atoms with Crippen LogP contribution >= 0.6 is 0 Å². The van der Waals surface area contributed by atoms with E-state index in [0.29, 0.717) is 0 Å². The predicted octanol–water partition coefficient (Wildman–Crippen LogP) is 2.51. The molecule has 0 spiro atoms. The molecule has 0 amide bonds. The van der Waals surface area contributed by atoms with Gasteiger partial charge in [-0.15, -0.1) is 6.42 Å². The lowest BCUT2D eigenvalue weighted by molar-refractivity contribution is 0.215. The van der Waals surface area contributed by atoms with Gasteiger partial charge in [0.15, 0.2) is 0 Å². The van der Waals surface area contributed by atoms with Crippen LogP contribution in [-0.4, -0.2) is 11.2 Å². The second kappa shape index (κ2) is 3.55. The second-order valence-corrected chi connectivity index (χ2v) is 4.50. The first-order valence-electron chi connectivity index (χ1n) is 4.83. The van der Waals surface area contributed by atoms with Gasteiger partial charge in [0, 0.05) is 0 Å². The Morgan fingerprint density at radius 3 is 2.62 bits per heavy atom. The molecule has 0 aliphatic heterocycles. The molecule has 1 aliphatic rings. The summed E-state index contributed by atoms with van der Waals surface area (Å²) in [5, 5.41) is 9.69. The first-order chi connectivity index (χ1) is 5.99. The number of hydrogen-bond donors (Lipinski definition) is 1. The van der Waals surface area contributed by atoms with Crippen LogP contribution < -0.4 is 0 Å². The van der Waals surface area contributed by atoms with E-state index in [-0.39, 0.29) is 5.41 Å². The van der Waals surface area contributed by atoms with E-state index in [2.05, 4.69) is 26.7 Å². The third kappa shape index (κ3) is 1.95. The van der Waals surface area contributed by atoms with Crippen molar-refractivity contribution in [3.63, 3.8) is 0 Å². The van der Waals surface area contributed by atoms with Crippen molar-refractivity contribution in [3.05, 3.63) is 11.1 Å². The molecular weight excluding hydrogens is 160 g/mol. The number of aliphatic hydroxyl groups excluding tert-OH is 1. The minimum atomic E-state index is -0.685. The van der Waals surface area contributed by atoms with Gasteiger partial charge in [0.05, 0.1) is 0 Å². The Bertz CT molecular complexity index is 265. The molecule has 0 aromatic heterocycles. The summed E-state index contributed by atoms with van der Waals surface area (Å²) in [6.07, 6.45) is 7.98. The van der Waals surface area contributed by atoms with E-state index in [1.807, 2.05) is 0 Å². The molecule has 0 aromatic rings. The minimum Gasteiger partial charge on any atom is -0.376 e. The smallest absolute Gasteiger partial charge is 0.136 e. The molecule has 0 radical (unpaired) electrons. The highest BCUT2D eigenvalue weighted by molar-refractivity contribution is 5.31. The van der Waals surface area contributed by atoms with Gasteiger partial charge in [0.25, 0.3) is 0 Å². The fourth-order valence-corrected chi connectivity index (χ4v) is 2.33. The van der Waals surface area contributed by atoms with Crippen LogP contribution in [-0.2, 0) is 0 Å². The SMILES string of the molecule is C#CC(O)C1=C(C)CCCC1(C)C. The van der Waals surface area contributed by atoms with Crippen molar-refractivity contribution in [2.24, 2.45) is 5.41 Å². The molecule has 1 rings (SSSR count). The monoisotopic (exact) mass is 178 g/mol. The number of allylic oxidation sites excluding steroid dienone is 1. The van der Waals surface area contributed by atoms with Crippen LogP contribution in [0.15, 0.2) is 11.1 Å². The van der Waals surface area contributed by atoms with E-state index in [4.69, 9.17) is 6.42 Å². The molecule has 0 saturated carbocycles. The third-order valence-electron chi connectivity index (χ3n) is 2.97. The zero-order chi connectivity index (χ0) is 10.1. The maximum atomic E-state index is 9.69. The van der Waals surface area contributed by atoms with Crippen LogP contribution in [0.25, 0.3) is 0 Å². The topological polar surface area (TPSA) is 20.2 Å². The first kappa shape index (κ1) is 10.3. The number of aliphatic hydroxyl groups is 1. The largest absolute Gasteiger partial charge is 0.376 e. The molecular formula is C12H18O. The van der Waals surface area contributed by atoms with Gasteiger partial charge in [-0.1, -0.05) is 25.3 Å². The zero-order valence-corrected chi connectivity index (χ0v) is 8.72.